The summed E-state index contributed by atoms with van der Waals surface area (Å²) < 4.78 is 0. The van der Waals surface area contributed by atoms with Crippen molar-refractivity contribution in [3.63, 3.8) is 0 Å². The molecule has 0 aliphatic carbocycles. The number of hydrogen-bond acceptors (Lipinski definition) is 8. The number of aromatic nitrogens is 1. The third kappa shape index (κ3) is 10.2. The van der Waals surface area contributed by atoms with Gasteiger partial charge in [0, 0.05) is 36.5 Å². The molecule has 2 fully saturated rings. The Morgan fingerprint density at radius 2 is 1.22 bits per heavy atom. The van der Waals surface area contributed by atoms with Gasteiger partial charge in [-0.15, -0.1) is 0 Å². The van der Waals surface area contributed by atoms with Crippen molar-refractivity contribution in [2.75, 3.05) is 6.54 Å². The van der Waals surface area contributed by atoms with Crippen LogP contribution in [-0.4, -0.2) is 100 Å². The molecule has 5 rings (SSSR count). The highest BCUT2D eigenvalue weighted by Crippen LogP contribution is 2.20. The molecule has 0 radical (unpaired) electrons. The van der Waals surface area contributed by atoms with E-state index in [9.17, 15) is 43.5 Å². The smallest absolute Gasteiger partial charge is 0.305 e. The van der Waals surface area contributed by atoms with Crippen LogP contribution in [0.2, 0.25) is 0 Å². The summed E-state index contributed by atoms with van der Waals surface area (Å²) in [6.07, 6.45) is 0.0173. The molecule has 2 saturated heterocycles. The first-order valence-corrected chi connectivity index (χ1v) is 17.7. The van der Waals surface area contributed by atoms with E-state index in [-0.39, 0.29) is 25.2 Å². The van der Waals surface area contributed by atoms with E-state index in [1.165, 1.54) is 0 Å². The molecular weight excluding hydrogens is 700 g/mol. The van der Waals surface area contributed by atoms with Crippen LogP contribution in [-0.2, 0) is 51.2 Å². The number of aliphatic carboxylic acids is 1. The number of carboxylic acids is 1. The summed E-state index contributed by atoms with van der Waals surface area (Å²) in [5.74, 6) is -7.80. The van der Waals surface area contributed by atoms with Gasteiger partial charge < -0.3 is 47.3 Å². The second-order valence-corrected chi connectivity index (χ2v) is 13.9. The van der Waals surface area contributed by atoms with Crippen LogP contribution in [0.1, 0.15) is 44.2 Å². The van der Waals surface area contributed by atoms with Crippen molar-refractivity contribution < 1.29 is 43.5 Å². The zero-order chi connectivity index (χ0) is 38.9. The molecule has 2 aliphatic rings. The van der Waals surface area contributed by atoms with Crippen LogP contribution in [0.3, 0.4) is 0 Å². The maximum atomic E-state index is 14.2. The lowest BCUT2D eigenvalue weighted by Crippen LogP contribution is -2.64. The number of nitrogens with one attached hydrogen (secondary N) is 8. The van der Waals surface area contributed by atoms with Crippen molar-refractivity contribution >= 4 is 58.2 Å². The number of rotatable bonds is 8. The zero-order valence-electron chi connectivity index (χ0n) is 29.8. The fourth-order valence-corrected chi connectivity index (χ4v) is 6.40. The van der Waals surface area contributed by atoms with E-state index in [0.717, 1.165) is 10.9 Å². The number of H-pyrrole nitrogens is 1. The van der Waals surface area contributed by atoms with Gasteiger partial charge in [-0.2, -0.15) is 0 Å². The average Bonchev–Trinajstić information content (AvgIpc) is 3.53. The fourth-order valence-electron chi connectivity index (χ4n) is 6.40. The van der Waals surface area contributed by atoms with Crippen molar-refractivity contribution in [3.8, 4) is 0 Å². The summed E-state index contributed by atoms with van der Waals surface area (Å²) in [6.45, 7) is 3.07. The third-order valence-corrected chi connectivity index (χ3v) is 9.16. The first-order chi connectivity index (χ1) is 25.8. The van der Waals surface area contributed by atoms with Crippen LogP contribution in [0, 0.1) is 5.92 Å². The van der Waals surface area contributed by atoms with Gasteiger partial charge >= 0.3 is 5.97 Å². The lowest BCUT2D eigenvalue weighted by atomic mass is 10.00. The second kappa shape index (κ2) is 17.5. The lowest BCUT2D eigenvalue weighted by Gasteiger charge is -2.30. The van der Waals surface area contributed by atoms with E-state index < -0.39 is 103 Å². The number of amides is 7. The molecule has 2 aliphatic heterocycles. The maximum absolute atomic E-state index is 14.2. The van der Waals surface area contributed by atoms with Crippen LogP contribution in [0.4, 0.5) is 0 Å². The van der Waals surface area contributed by atoms with Gasteiger partial charge in [0.05, 0.1) is 12.8 Å². The summed E-state index contributed by atoms with van der Waals surface area (Å²) in [7, 11) is 0. The topological polar surface area (TPSA) is 257 Å². The summed E-state index contributed by atoms with van der Waals surface area (Å²) in [5, 5.41) is 28.2. The number of para-hydroxylation sites is 1. The molecule has 3 heterocycles. The monoisotopic (exact) mass is 744 g/mol. The van der Waals surface area contributed by atoms with Gasteiger partial charge in [0.2, 0.25) is 41.4 Å². The fraction of sp³-hybridized carbons (Fsp3) is 0.405. The minimum absolute atomic E-state index is 0.0190. The molecular formula is C37H44N8O9. The Kier molecular flexibility index (Phi) is 12.6. The molecule has 6 atom stereocenters. The Bertz CT molecular complexity index is 1910. The van der Waals surface area contributed by atoms with Crippen molar-refractivity contribution in [2.45, 2.75) is 82.2 Å². The summed E-state index contributed by atoms with van der Waals surface area (Å²) in [5.41, 5.74) is 2.06. The van der Waals surface area contributed by atoms with Gasteiger partial charge in [-0.3, -0.25) is 38.4 Å². The highest BCUT2D eigenvalue weighted by Gasteiger charge is 2.37. The van der Waals surface area contributed by atoms with E-state index in [0.29, 0.717) is 11.1 Å². The van der Waals surface area contributed by atoms with E-state index >= 15 is 0 Å². The van der Waals surface area contributed by atoms with Gasteiger partial charge in [0.15, 0.2) is 0 Å². The molecule has 286 valence electrons. The van der Waals surface area contributed by atoms with Crippen molar-refractivity contribution in [1.82, 2.24) is 42.2 Å². The first-order valence-electron chi connectivity index (χ1n) is 17.7. The van der Waals surface area contributed by atoms with Gasteiger partial charge in [-0.25, -0.2) is 0 Å². The predicted octanol–water partition coefficient (Wildman–Crippen LogP) is -1.08. The van der Waals surface area contributed by atoms with Crippen LogP contribution < -0.4 is 37.2 Å². The number of hydrogen-bond donors (Lipinski definition) is 9. The third-order valence-electron chi connectivity index (χ3n) is 9.16. The first kappa shape index (κ1) is 39.0. The molecule has 1 aromatic heterocycles. The molecule has 6 unspecified atom stereocenters. The zero-order valence-corrected chi connectivity index (χ0v) is 29.8. The van der Waals surface area contributed by atoms with Crippen LogP contribution in [0.15, 0.2) is 60.8 Å². The molecule has 54 heavy (non-hydrogen) atoms. The van der Waals surface area contributed by atoms with Gasteiger partial charge in [-0.1, -0.05) is 62.4 Å². The minimum atomic E-state index is -1.72. The van der Waals surface area contributed by atoms with Crippen LogP contribution >= 0.6 is 0 Å². The summed E-state index contributed by atoms with van der Waals surface area (Å²) in [6, 6.07) is 7.27. The quantitative estimate of drug-likeness (QED) is 0.136. The Balaban J connectivity index is 1.59. The van der Waals surface area contributed by atoms with E-state index in [4.69, 9.17) is 0 Å². The van der Waals surface area contributed by atoms with E-state index in [2.05, 4.69) is 42.2 Å². The largest absolute Gasteiger partial charge is 0.481 e. The molecule has 2 bridgehead atoms. The highest BCUT2D eigenvalue weighted by molar-refractivity contribution is 6.00. The van der Waals surface area contributed by atoms with Crippen molar-refractivity contribution in [1.29, 1.82) is 0 Å². The number of fused-ring (bicyclic) bond motifs is 6. The number of carbonyl (C=O) groups is 8. The van der Waals surface area contributed by atoms with Gasteiger partial charge in [0.25, 0.3) is 0 Å². The summed E-state index contributed by atoms with van der Waals surface area (Å²) in [4.78, 5) is 112. The standard InChI is InChI=1S/C37H44N8O9/c1-19(2)12-24-32(49)44-28(16-31(47)48)36(53)43-27-15-30(46)39-18-29(37(54)40-24)45-33(50)25(13-20-8-4-3-5-9-20)41-34(51)26(42-35(27)52)14-21-17-38-23-11-7-6-10-22(21)23/h3-11,17,19,24-29,38H,12-16,18H2,1-2H3,(H,39,46)(H,40,54)(H,41,51)(H,42,52)(H,43,53)(H,44,49)(H,45,50)(H,47,48). The average molecular weight is 745 g/mol. The molecule has 9 N–H and O–H groups in total. The number of aromatic amines is 1. The van der Waals surface area contributed by atoms with Crippen LogP contribution in [0.5, 0.6) is 0 Å². The lowest BCUT2D eigenvalue weighted by molar-refractivity contribution is -0.142. The Labute approximate surface area is 310 Å². The predicted molar refractivity (Wildman–Crippen MR) is 193 cm³/mol. The minimum Gasteiger partial charge on any atom is -0.481 e. The Hall–Kier alpha value is -6.26. The Morgan fingerprint density at radius 3 is 1.94 bits per heavy atom. The SMILES string of the molecule is CC(C)CC1NC(=O)C2CNC(=O)CC(NC(=O)C(CC(=O)O)NC1=O)C(=O)NC(Cc1c[nH]c3ccccc13)C(=O)NC(Cc1ccccc1)C(=O)N2. The van der Waals surface area contributed by atoms with Gasteiger partial charge in [-0.05, 0) is 29.5 Å². The van der Waals surface area contributed by atoms with Gasteiger partial charge in [0.1, 0.15) is 36.3 Å². The summed E-state index contributed by atoms with van der Waals surface area (Å²) >= 11 is 0. The number of carboxylic acid groups (broad SMARTS) is 1. The number of carbonyl (C=O) groups excluding carboxylic acids is 7. The molecule has 0 saturated carbocycles. The highest BCUT2D eigenvalue weighted by atomic mass is 16.4. The molecule has 0 spiro atoms. The molecule has 7 amide bonds. The molecule has 3 aromatic rings. The van der Waals surface area contributed by atoms with Crippen molar-refractivity contribution in [2.24, 2.45) is 5.92 Å². The second-order valence-electron chi connectivity index (χ2n) is 13.9. The number of benzene rings is 2. The molecule has 17 nitrogen and oxygen atoms in total. The Morgan fingerprint density at radius 1 is 0.667 bits per heavy atom. The maximum Gasteiger partial charge on any atom is 0.305 e. The van der Waals surface area contributed by atoms with E-state index in [1.54, 1.807) is 56.4 Å². The van der Waals surface area contributed by atoms with Crippen molar-refractivity contribution in [3.05, 3.63) is 71.9 Å². The molecule has 17 heteroatoms. The normalized spacial score (nSPS) is 24.8. The van der Waals surface area contributed by atoms with E-state index in [1.807, 2.05) is 18.2 Å². The molecule has 2 aromatic carbocycles. The van der Waals surface area contributed by atoms with Crippen LogP contribution in [0.25, 0.3) is 10.9 Å².